The van der Waals surface area contributed by atoms with Gasteiger partial charge in [0.1, 0.15) is 12.4 Å². The quantitative estimate of drug-likeness (QED) is 0.459. The van der Waals surface area contributed by atoms with Crippen LogP contribution in [-0.2, 0) is 14.8 Å². The Morgan fingerprint density at radius 2 is 1.83 bits per heavy atom. The van der Waals surface area contributed by atoms with Gasteiger partial charge in [-0.2, -0.15) is 5.10 Å². The lowest BCUT2D eigenvalue weighted by Gasteiger charge is -2.23. The third-order valence-corrected chi connectivity index (χ3v) is 6.75. The van der Waals surface area contributed by atoms with Crippen LogP contribution in [0, 0.1) is 12.7 Å². The second-order valence-corrected chi connectivity index (χ2v) is 8.87. The number of nitrogens with one attached hydrogen (secondary N) is 1. The number of nitrogens with zero attached hydrogens (tertiary/aromatic N) is 2. The predicted octanol–water partition coefficient (Wildman–Crippen LogP) is 3.54. The maximum Gasteiger partial charge on any atom is 0.264 e. The molecule has 6 nitrogen and oxygen atoms in total. The number of hydrazone groups is 1. The van der Waals surface area contributed by atoms with Crippen molar-refractivity contribution in [1.82, 2.24) is 5.43 Å². The van der Waals surface area contributed by atoms with E-state index in [0.717, 1.165) is 26.9 Å². The molecule has 0 radical (unpaired) electrons. The zero-order valence-electron chi connectivity index (χ0n) is 15.4. The van der Waals surface area contributed by atoms with Gasteiger partial charge >= 0.3 is 0 Å². The molecule has 3 rings (SSSR count). The highest BCUT2D eigenvalue weighted by Gasteiger charge is 2.27. The number of hydrogen-bond donors (Lipinski definition) is 1. The van der Waals surface area contributed by atoms with Crippen LogP contribution in [0.25, 0.3) is 0 Å². The number of sulfonamides is 1. The van der Waals surface area contributed by atoms with Crippen LogP contribution in [0.4, 0.5) is 10.1 Å². The van der Waals surface area contributed by atoms with Crippen molar-refractivity contribution in [1.29, 1.82) is 0 Å². The minimum absolute atomic E-state index is 0.0230. The molecule has 2 aromatic carbocycles. The first kappa shape index (κ1) is 20.7. The van der Waals surface area contributed by atoms with E-state index in [0.29, 0.717) is 0 Å². The van der Waals surface area contributed by atoms with Gasteiger partial charge in [-0.05, 0) is 60.3 Å². The Morgan fingerprint density at radius 3 is 2.45 bits per heavy atom. The SMILES string of the molecule is Cc1ccsc1/C=N\NC(=O)CN(c1ccc(F)cc1)S(=O)(=O)c1ccccc1. The Labute approximate surface area is 172 Å². The number of halogens is 1. The Morgan fingerprint density at radius 1 is 1.14 bits per heavy atom. The van der Waals surface area contributed by atoms with Gasteiger partial charge in [0.2, 0.25) is 0 Å². The summed E-state index contributed by atoms with van der Waals surface area (Å²) in [4.78, 5) is 13.3. The van der Waals surface area contributed by atoms with E-state index in [2.05, 4.69) is 10.5 Å². The number of aryl methyl sites for hydroxylation is 1. The molecule has 0 bridgehead atoms. The van der Waals surface area contributed by atoms with E-state index in [1.54, 1.807) is 18.2 Å². The van der Waals surface area contributed by atoms with E-state index in [4.69, 9.17) is 0 Å². The van der Waals surface area contributed by atoms with Crippen molar-refractivity contribution < 1.29 is 17.6 Å². The first-order chi connectivity index (χ1) is 13.9. The zero-order valence-corrected chi connectivity index (χ0v) is 17.1. The van der Waals surface area contributed by atoms with Crippen molar-refractivity contribution in [3.05, 3.63) is 82.3 Å². The summed E-state index contributed by atoms with van der Waals surface area (Å²) in [5.74, 6) is -1.13. The summed E-state index contributed by atoms with van der Waals surface area (Å²) >= 11 is 1.47. The van der Waals surface area contributed by atoms with Gasteiger partial charge < -0.3 is 0 Å². The standard InChI is InChI=1S/C20H18FN3O3S2/c1-15-11-12-28-19(15)13-22-23-20(25)14-24(17-9-7-16(21)8-10-17)29(26,27)18-5-3-2-4-6-18/h2-13H,14H2,1H3,(H,23,25)/b22-13-. The molecule has 29 heavy (non-hydrogen) atoms. The van der Waals surface area contributed by atoms with Crippen LogP contribution in [0.2, 0.25) is 0 Å². The molecule has 1 heterocycles. The molecule has 0 aliphatic carbocycles. The molecule has 0 aliphatic heterocycles. The highest BCUT2D eigenvalue weighted by atomic mass is 32.2. The molecule has 0 aliphatic rings. The summed E-state index contributed by atoms with van der Waals surface area (Å²) in [5, 5.41) is 5.80. The van der Waals surface area contributed by atoms with Gasteiger partial charge in [-0.1, -0.05) is 18.2 Å². The molecule has 1 aromatic heterocycles. The number of carbonyl (C=O) groups excluding carboxylic acids is 1. The summed E-state index contributed by atoms with van der Waals surface area (Å²) in [5.41, 5.74) is 3.53. The minimum atomic E-state index is -4.04. The Bertz CT molecular complexity index is 1110. The summed E-state index contributed by atoms with van der Waals surface area (Å²) in [6.07, 6.45) is 1.51. The van der Waals surface area contributed by atoms with Crippen LogP contribution in [0.3, 0.4) is 0 Å². The van der Waals surface area contributed by atoms with Crippen molar-refractivity contribution in [3.8, 4) is 0 Å². The van der Waals surface area contributed by atoms with Gasteiger partial charge in [0.25, 0.3) is 15.9 Å². The summed E-state index contributed by atoms with van der Waals surface area (Å²) in [6, 6.07) is 14.5. The first-order valence-electron chi connectivity index (χ1n) is 8.57. The van der Waals surface area contributed by atoms with Crippen molar-refractivity contribution in [3.63, 3.8) is 0 Å². The van der Waals surface area contributed by atoms with Gasteiger partial charge in [0.05, 0.1) is 16.8 Å². The van der Waals surface area contributed by atoms with Crippen molar-refractivity contribution in [2.24, 2.45) is 5.10 Å². The average Bonchev–Trinajstić information content (AvgIpc) is 3.12. The molecule has 0 unspecified atom stereocenters. The molecule has 0 atom stereocenters. The molecule has 1 amide bonds. The largest absolute Gasteiger partial charge is 0.271 e. The number of anilines is 1. The van der Waals surface area contributed by atoms with Gasteiger partial charge in [0, 0.05) is 4.88 Å². The first-order valence-corrected chi connectivity index (χ1v) is 10.9. The normalized spacial score (nSPS) is 11.5. The number of carbonyl (C=O) groups is 1. The Hall–Kier alpha value is -3.04. The smallest absolute Gasteiger partial charge is 0.264 e. The Kier molecular flexibility index (Phi) is 6.40. The van der Waals surface area contributed by atoms with E-state index >= 15 is 0 Å². The molecule has 0 fully saturated rings. The fourth-order valence-electron chi connectivity index (χ4n) is 2.49. The fraction of sp³-hybridized carbons (Fsp3) is 0.100. The van der Waals surface area contributed by atoms with Crippen LogP contribution in [-0.4, -0.2) is 27.1 Å². The van der Waals surface area contributed by atoms with Gasteiger partial charge in [-0.25, -0.2) is 18.2 Å². The second kappa shape index (κ2) is 8.97. The lowest BCUT2D eigenvalue weighted by molar-refractivity contribution is -0.119. The second-order valence-electron chi connectivity index (χ2n) is 6.06. The molecule has 0 saturated heterocycles. The summed E-state index contributed by atoms with van der Waals surface area (Å²) in [7, 11) is -4.04. The topological polar surface area (TPSA) is 78.8 Å². The van der Waals surface area contributed by atoms with Gasteiger partial charge in [0.15, 0.2) is 0 Å². The number of amides is 1. The van der Waals surface area contributed by atoms with E-state index < -0.39 is 28.3 Å². The van der Waals surface area contributed by atoms with Crippen molar-refractivity contribution in [2.45, 2.75) is 11.8 Å². The van der Waals surface area contributed by atoms with E-state index in [1.165, 1.54) is 41.8 Å². The lowest BCUT2D eigenvalue weighted by Crippen LogP contribution is -2.39. The number of hydrogen-bond acceptors (Lipinski definition) is 5. The lowest BCUT2D eigenvalue weighted by atomic mass is 10.3. The third-order valence-electron chi connectivity index (χ3n) is 4.01. The van der Waals surface area contributed by atoms with Crippen LogP contribution < -0.4 is 9.73 Å². The molecule has 0 spiro atoms. The number of benzene rings is 2. The number of rotatable bonds is 7. The van der Waals surface area contributed by atoms with E-state index in [-0.39, 0.29) is 10.6 Å². The predicted molar refractivity (Wildman–Crippen MR) is 112 cm³/mol. The highest BCUT2D eigenvalue weighted by Crippen LogP contribution is 2.23. The molecule has 9 heteroatoms. The molecule has 1 N–H and O–H groups in total. The summed E-state index contributed by atoms with van der Waals surface area (Å²) in [6.45, 7) is 1.41. The third kappa shape index (κ3) is 5.07. The zero-order chi connectivity index (χ0) is 20.9. The highest BCUT2D eigenvalue weighted by molar-refractivity contribution is 7.92. The van der Waals surface area contributed by atoms with Crippen molar-refractivity contribution >= 4 is 39.2 Å². The number of thiophene rings is 1. The minimum Gasteiger partial charge on any atom is -0.271 e. The van der Waals surface area contributed by atoms with Gasteiger partial charge in [-0.3, -0.25) is 9.10 Å². The average molecular weight is 432 g/mol. The van der Waals surface area contributed by atoms with Crippen LogP contribution in [0.1, 0.15) is 10.4 Å². The molecule has 0 saturated carbocycles. The van der Waals surface area contributed by atoms with Crippen LogP contribution >= 0.6 is 11.3 Å². The van der Waals surface area contributed by atoms with E-state index in [1.807, 2.05) is 18.4 Å². The monoisotopic (exact) mass is 431 g/mol. The van der Waals surface area contributed by atoms with Crippen LogP contribution in [0.15, 0.2) is 76.0 Å². The maximum absolute atomic E-state index is 13.3. The van der Waals surface area contributed by atoms with Crippen molar-refractivity contribution in [2.75, 3.05) is 10.8 Å². The summed E-state index contributed by atoms with van der Waals surface area (Å²) < 4.78 is 40.4. The Balaban J connectivity index is 1.83. The van der Waals surface area contributed by atoms with Gasteiger partial charge in [-0.15, -0.1) is 11.3 Å². The fourth-order valence-corrected chi connectivity index (χ4v) is 4.72. The molecular formula is C20H18FN3O3S2. The molecule has 3 aromatic rings. The van der Waals surface area contributed by atoms with E-state index in [9.17, 15) is 17.6 Å². The van der Waals surface area contributed by atoms with Crippen LogP contribution in [0.5, 0.6) is 0 Å². The molecule has 150 valence electrons. The molecular weight excluding hydrogens is 413 g/mol. The maximum atomic E-state index is 13.3.